The van der Waals surface area contributed by atoms with Crippen molar-refractivity contribution in [2.24, 2.45) is 0 Å². The Kier molecular flexibility index (Phi) is 2.96. The van der Waals surface area contributed by atoms with Crippen LogP contribution in [-0.2, 0) is 0 Å². The second-order valence-corrected chi connectivity index (χ2v) is 4.26. The lowest BCUT2D eigenvalue weighted by Gasteiger charge is -1.86. The van der Waals surface area contributed by atoms with Gasteiger partial charge in [0, 0.05) is 16.1 Å². The normalized spacial score (nSPS) is 11.5. The molecule has 72 valence electrons. The van der Waals surface area contributed by atoms with Crippen LogP contribution < -0.4 is 5.32 Å². The second-order valence-electron chi connectivity index (χ2n) is 3.15. The van der Waals surface area contributed by atoms with Crippen LogP contribution in [0.15, 0.2) is 36.4 Å². The maximum absolute atomic E-state index is 3.09. The Morgan fingerprint density at radius 1 is 1.36 bits per heavy atom. The van der Waals surface area contributed by atoms with Crippen molar-refractivity contribution in [2.75, 3.05) is 13.6 Å². The van der Waals surface area contributed by atoms with E-state index in [4.69, 9.17) is 0 Å². The van der Waals surface area contributed by atoms with Gasteiger partial charge in [-0.1, -0.05) is 24.3 Å². The Hall–Kier alpha value is -1.12. The first-order chi connectivity index (χ1) is 6.90. The zero-order chi connectivity index (χ0) is 9.80. The summed E-state index contributed by atoms with van der Waals surface area (Å²) in [5.74, 6) is 0. The number of thiophene rings is 1. The largest absolute Gasteiger partial charge is 0.316 e. The van der Waals surface area contributed by atoms with Crippen LogP contribution in [0.4, 0.5) is 0 Å². The van der Waals surface area contributed by atoms with Crippen molar-refractivity contribution in [3.8, 4) is 0 Å². The third-order valence-corrected chi connectivity index (χ3v) is 3.13. The number of hydrogen-bond acceptors (Lipinski definition) is 2. The van der Waals surface area contributed by atoms with Crippen molar-refractivity contribution < 1.29 is 0 Å². The predicted octanol–water partition coefficient (Wildman–Crippen LogP) is 3.13. The van der Waals surface area contributed by atoms with Gasteiger partial charge in [0.25, 0.3) is 0 Å². The Balaban J connectivity index is 2.27. The van der Waals surface area contributed by atoms with E-state index in [2.05, 4.69) is 47.8 Å². The van der Waals surface area contributed by atoms with Crippen molar-refractivity contribution >= 4 is 27.5 Å². The van der Waals surface area contributed by atoms with Crippen LogP contribution in [0.25, 0.3) is 16.2 Å². The molecule has 1 heterocycles. The molecule has 14 heavy (non-hydrogen) atoms. The molecule has 0 fully saturated rings. The van der Waals surface area contributed by atoms with Gasteiger partial charge in [0.05, 0.1) is 0 Å². The molecule has 0 radical (unpaired) electrons. The molecule has 0 aliphatic rings. The van der Waals surface area contributed by atoms with Crippen molar-refractivity contribution in [3.05, 3.63) is 41.3 Å². The van der Waals surface area contributed by atoms with Gasteiger partial charge < -0.3 is 5.32 Å². The lowest BCUT2D eigenvalue weighted by atomic mass is 10.2. The highest BCUT2D eigenvalue weighted by atomic mass is 32.1. The van der Waals surface area contributed by atoms with Crippen LogP contribution in [0, 0.1) is 0 Å². The molecule has 0 bridgehead atoms. The SMILES string of the molecule is CNCC=Cc1cc2ccccc2s1. The van der Waals surface area contributed by atoms with Crippen LogP contribution in [0.3, 0.4) is 0 Å². The van der Waals surface area contributed by atoms with Crippen LogP contribution in [0.5, 0.6) is 0 Å². The fourth-order valence-electron chi connectivity index (χ4n) is 1.38. The Morgan fingerprint density at radius 2 is 2.21 bits per heavy atom. The molecular weight excluding hydrogens is 190 g/mol. The third kappa shape index (κ3) is 2.03. The monoisotopic (exact) mass is 203 g/mol. The second kappa shape index (κ2) is 4.40. The van der Waals surface area contributed by atoms with Gasteiger partial charge in [0.15, 0.2) is 0 Å². The molecule has 0 saturated heterocycles. The number of nitrogens with one attached hydrogen (secondary N) is 1. The van der Waals surface area contributed by atoms with E-state index in [-0.39, 0.29) is 0 Å². The first kappa shape index (κ1) is 9.44. The molecular formula is C12H13NS. The molecule has 2 aromatic rings. The number of likely N-dealkylation sites (N-methyl/N-ethyl adjacent to an activating group) is 1. The van der Waals surface area contributed by atoms with Gasteiger partial charge in [0.1, 0.15) is 0 Å². The summed E-state index contributed by atoms with van der Waals surface area (Å²) in [5, 5.41) is 4.42. The molecule has 1 N–H and O–H groups in total. The van der Waals surface area contributed by atoms with Crippen molar-refractivity contribution in [2.45, 2.75) is 0 Å². The van der Waals surface area contributed by atoms with Gasteiger partial charge in [0.2, 0.25) is 0 Å². The van der Waals surface area contributed by atoms with Crippen molar-refractivity contribution in [1.82, 2.24) is 5.32 Å². The zero-order valence-electron chi connectivity index (χ0n) is 8.16. The van der Waals surface area contributed by atoms with E-state index >= 15 is 0 Å². The van der Waals surface area contributed by atoms with E-state index in [1.54, 1.807) is 0 Å². The Labute approximate surface area is 88.1 Å². The summed E-state index contributed by atoms with van der Waals surface area (Å²) >= 11 is 1.83. The quantitative estimate of drug-likeness (QED) is 0.808. The van der Waals surface area contributed by atoms with Gasteiger partial charge in [-0.15, -0.1) is 11.3 Å². The van der Waals surface area contributed by atoms with Crippen molar-refractivity contribution in [3.63, 3.8) is 0 Å². The zero-order valence-corrected chi connectivity index (χ0v) is 8.97. The number of fused-ring (bicyclic) bond motifs is 1. The van der Waals surface area contributed by atoms with Gasteiger partial charge in [-0.2, -0.15) is 0 Å². The summed E-state index contributed by atoms with van der Waals surface area (Å²) in [6, 6.07) is 10.7. The minimum atomic E-state index is 0.925. The minimum Gasteiger partial charge on any atom is -0.316 e. The van der Waals surface area contributed by atoms with Gasteiger partial charge in [-0.25, -0.2) is 0 Å². The fourth-order valence-corrected chi connectivity index (χ4v) is 2.37. The topological polar surface area (TPSA) is 12.0 Å². The Morgan fingerprint density at radius 3 is 3.00 bits per heavy atom. The highest BCUT2D eigenvalue weighted by Gasteiger charge is 1.96. The summed E-state index contributed by atoms with van der Waals surface area (Å²) in [7, 11) is 1.95. The van der Waals surface area contributed by atoms with Crippen molar-refractivity contribution in [1.29, 1.82) is 0 Å². The third-order valence-electron chi connectivity index (χ3n) is 2.05. The standard InChI is InChI=1S/C12H13NS/c1-13-8-4-6-11-9-10-5-2-3-7-12(10)14-11/h2-7,9,13H,8H2,1H3. The van der Waals surface area contributed by atoms with Crippen LogP contribution in [0.2, 0.25) is 0 Å². The molecule has 0 atom stereocenters. The van der Waals surface area contributed by atoms with E-state index in [0.717, 1.165) is 6.54 Å². The predicted molar refractivity (Wildman–Crippen MR) is 64.8 cm³/mol. The molecule has 2 heteroatoms. The minimum absolute atomic E-state index is 0.925. The Bertz CT molecular complexity index is 409. The average Bonchev–Trinajstić information content (AvgIpc) is 2.60. The highest BCUT2D eigenvalue weighted by Crippen LogP contribution is 2.25. The van der Waals surface area contributed by atoms with Gasteiger partial charge in [-0.3, -0.25) is 0 Å². The van der Waals surface area contributed by atoms with E-state index in [1.165, 1.54) is 15.0 Å². The molecule has 0 unspecified atom stereocenters. The highest BCUT2D eigenvalue weighted by molar-refractivity contribution is 7.19. The first-order valence-corrected chi connectivity index (χ1v) is 5.51. The van der Waals surface area contributed by atoms with E-state index in [1.807, 2.05) is 18.4 Å². The molecule has 0 amide bonds. The van der Waals surface area contributed by atoms with Crippen LogP contribution in [-0.4, -0.2) is 13.6 Å². The first-order valence-electron chi connectivity index (χ1n) is 4.70. The number of benzene rings is 1. The van der Waals surface area contributed by atoms with Crippen LogP contribution >= 0.6 is 11.3 Å². The molecule has 1 aromatic heterocycles. The van der Waals surface area contributed by atoms with Gasteiger partial charge in [-0.05, 0) is 30.6 Å². The molecule has 0 saturated carbocycles. The summed E-state index contributed by atoms with van der Waals surface area (Å²) in [4.78, 5) is 1.32. The number of hydrogen-bond donors (Lipinski definition) is 1. The summed E-state index contributed by atoms with van der Waals surface area (Å²) in [6.45, 7) is 0.925. The average molecular weight is 203 g/mol. The van der Waals surface area contributed by atoms with E-state index < -0.39 is 0 Å². The maximum Gasteiger partial charge on any atom is 0.0349 e. The fraction of sp³-hybridized carbons (Fsp3) is 0.167. The lowest BCUT2D eigenvalue weighted by Crippen LogP contribution is -2.03. The molecule has 0 aliphatic carbocycles. The molecule has 0 spiro atoms. The summed E-state index contributed by atoms with van der Waals surface area (Å²) in [6.07, 6.45) is 4.31. The maximum atomic E-state index is 3.09. The van der Waals surface area contributed by atoms with Gasteiger partial charge >= 0.3 is 0 Å². The molecule has 1 aromatic carbocycles. The summed E-state index contributed by atoms with van der Waals surface area (Å²) < 4.78 is 1.36. The van der Waals surface area contributed by atoms with E-state index in [0.29, 0.717) is 0 Å². The summed E-state index contributed by atoms with van der Waals surface area (Å²) in [5.41, 5.74) is 0. The van der Waals surface area contributed by atoms with Crippen LogP contribution in [0.1, 0.15) is 4.88 Å². The number of rotatable bonds is 3. The molecule has 1 nitrogen and oxygen atoms in total. The lowest BCUT2D eigenvalue weighted by molar-refractivity contribution is 0.922. The molecule has 2 rings (SSSR count). The van der Waals surface area contributed by atoms with E-state index in [9.17, 15) is 0 Å². The molecule has 0 aliphatic heterocycles. The smallest absolute Gasteiger partial charge is 0.0349 e.